The molecule has 0 aromatic heterocycles. The van der Waals surface area contributed by atoms with Gasteiger partial charge in [-0.1, -0.05) is 34.1 Å². The maximum absolute atomic E-state index is 12.9. The van der Waals surface area contributed by atoms with Crippen molar-refractivity contribution < 1.29 is 28.5 Å². The Morgan fingerprint density at radius 2 is 1.74 bits per heavy atom. The zero-order valence-electron chi connectivity index (χ0n) is 19.1. The van der Waals surface area contributed by atoms with Gasteiger partial charge in [0.05, 0.1) is 32.8 Å². The minimum Gasteiger partial charge on any atom is -0.493 e. The summed E-state index contributed by atoms with van der Waals surface area (Å²) < 4.78 is 28.1. The van der Waals surface area contributed by atoms with E-state index in [0.717, 1.165) is 15.6 Å². The fraction of sp³-hybridized carbons (Fsp3) is 0.154. The lowest BCUT2D eigenvalue weighted by molar-refractivity contribution is 0.0733. The van der Waals surface area contributed by atoms with Gasteiger partial charge in [-0.05, 0) is 35.9 Å². The average molecular weight is 537 g/mol. The van der Waals surface area contributed by atoms with Crippen molar-refractivity contribution in [3.05, 3.63) is 87.2 Å². The first kappa shape index (κ1) is 24.0. The summed E-state index contributed by atoms with van der Waals surface area (Å²) in [5.74, 6) is 0.579. The molecule has 3 aromatic carbocycles. The van der Waals surface area contributed by atoms with Gasteiger partial charge in [0.25, 0.3) is 0 Å². The Bertz CT molecular complexity index is 1350. The molecule has 4 rings (SSSR count). The van der Waals surface area contributed by atoms with Crippen molar-refractivity contribution >= 4 is 21.9 Å². The number of nitrogens with zero attached hydrogens (tertiary/aromatic N) is 1. The van der Waals surface area contributed by atoms with E-state index >= 15 is 0 Å². The molecule has 0 bridgehead atoms. The standard InChI is InChI=1S/C26H21BrN2O6/c1-31-21-10-15(11-22(32-2)24(21)33-3)26(30)34-17-7-8-18-20(12-17)35-25(29)19(13-28)23(18)14-5-4-6-16(27)9-14/h4-12,23H,29H2,1-3H3. The number of halogens is 1. The molecule has 0 spiro atoms. The van der Waals surface area contributed by atoms with Crippen LogP contribution in [0.5, 0.6) is 28.7 Å². The molecule has 35 heavy (non-hydrogen) atoms. The fourth-order valence-corrected chi connectivity index (χ4v) is 4.31. The number of hydrogen-bond donors (Lipinski definition) is 1. The number of benzene rings is 3. The maximum atomic E-state index is 12.9. The molecule has 1 heterocycles. The van der Waals surface area contributed by atoms with Gasteiger partial charge in [0, 0.05) is 16.1 Å². The van der Waals surface area contributed by atoms with Gasteiger partial charge in [0.2, 0.25) is 11.6 Å². The highest BCUT2D eigenvalue weighted by molar-refractivity contribution is 9.10. The summed E-state index contributed by atoms with van der Waals surface area (Å²) in [6.07, 6.45) is 0. The Morgan fingerprint density at radius 1 is 1.03 bits per heavy atom. The topological polar surface area (TPSA) is 113 Å². The highest BCUT2D eigenvalue weighted by atomic mass is 79.9. The SMILES string of the molecule is COc1cc(C(=O)Oc2ccc3c(c2)OC(N)=C(C#N)C3c2cccc(Br)c2)cc(OC)c1OC. The second-order valence-electron chi connectivity index (χ2n) is 7.48. The van der Waals surface area contributed by atoms with Crippen LogP contribution in [0.4, 0.5) is 0 Å². The van der Waals surface area contributed by atoms with Crippen LogP contribution in [0.2, 0.25) is 0 Å². The third kappa shape index (κ3) is 4.61. The molecule has 8 nitrogen and oxygen atoms in total. The Labute approximate surface area is 210 Å². The smallest absolute Gasteiger partial charge is 0.343 e. The van der Waals surface area contributed by atoms with Crippen LogP contribution in [0.1, 0.15) is 27.4 Å². The van der Waals surface area contributed by atoms with Crippen LogP contribution in [0, 0.1) is 11.3 Å². The average Bonchev–Trinajstić information content (AvgIpc) is 2.86. The van der Waals surface area contributed by atoms with E-state index in [1.807, 2.05) is 24.3 Å². The van der Waals surface area contributed by atoms with Crippen molar-refractivity contribution in [2.75, 3.05) is 21.3 Å². The number of fused-ring (bicyclic) bond motifs is 1. The first-order valence-corrected chi connectivity index (χ1v) is 11.2. The molecule has 1 unspecified atom stereocenters. The van der Waals surface area contributed by atoms with Gasteiger partial charge in [-0.25, -0.2) is 4.79 Å². The van der Waals surface area contributed by atoms with Gasteiger partial charge in [0.15, 0.2) is 11.5 Å². The molecule has 178 valence electrons. The van der Waals surface area contributed by atoms with E-state index < -0.39 is 11.9 Å². The van der Waals surface area contributed by atoms with Crippen LogP contribution >= 0.6 is 15.9 Å². The summed E-state index contributed by atoms with van der Waals surface area (Å²) in [4.78, 5) is 12.9. The Balaban J connectivity index is 1.68. The normalized spacial score (nSPS) is 14.3. The minimum absolute atomic E-state index is 0.00178. The Kier molecular flexibility index (Phi) is 6.85. The lowest BCUT2D eigenvalue weighted by Crippen LogP contribution is -2.21. The third-order valence-corrected chi connectivity index (χ3v) is 5.98. The molecule has 3 aromatic rings. The molecule has 1 atom stereocenters. The second kappa shape index (κ2) is 9.99. The van der Waals surface area contributed by atoms with Crippen molar-refractivity contribution in [1.29, 1.82) is 5.26 Å². The van der Waals surface area contributed by atoms with E-state index in [9.17, 15) is 10.1 Å². The molecule has 2 N–H and O–H groups in total. The predicted molar refractivity (Wildman–Crippen MR) is 131 cm³/mol. The number of carbonyl (C=O) groups excluding carboxylic acids is 1. The number of nitriles is 1. The minimum atomic E-state index is -0.634. The maximum Gasteiger partial charge on any atom is 0.343 e. The van der Waals surface area contributed by atoms with E-state index in [2.05, 4.69) is 22.0 Å². The van der Waals surface area contributed by atoms with E-state index in [-0.39, 0.29) is 17.2 Å². The number of ether oxygens (including phenoxy) is 5. The molecular formula is C26H21BrN2O6. The van der Waals surface area contributed by atoms with Gasteiger partial charge in [-0.3, -0.25) is 0 Å². The summed E-state index contributed by atoms with van der Waals surface area (Å²) in [6.45, 7) is 0. The zero-order valence-corrected chi connectivity index (χ0v) is 20.7. The number of allylic oxidation sites excluding steroid dienone is 1. The van der Waals surface area contributed by atoms with Crippen molar-refractivity contribution in [3.8, 4) is 34.8 Å². The summed E-state index contributed by atoms with van der Waals surface area (Å²) >= 11 is 3.47. The van der Waals surface area contributed by atoms with Crippen molar-refractivity contribution in [3.63, 3.8) is 0 Å². The lowest BCUT2D eigenvalue weighted by Gasteiger charge is -2.26. The number of nitrogens with two attached hydrogens (primary N) is 1. The van der Waals surface area contributed by atoms with Gasteiger partial charge < -0.3 is 29.4 Å². The van der Waals surface area contributed by atoms with E-state index in [0.29, 0.717) is 28.6 Å². The van der Waals surface area contributed by atoms with Gasteiger partial charge in [-0.2, -0.15) is 5.26 Å². The largest absolute Gasteiger partial charge is 0.493 e. The first-order valence-electron chi connectivity index (χ1n) is 10.4. The highest BCUT2D eigenvalue weighted by Crippen LogP contribution is 2.44. The molecule has 1 aliphatic rings. The Morgan fingerprint density at radius 3 is 2.34 bits per heavy atom. The van der Waals surface area contributed by atoms with Crippen molar-refractivity contribution in [2.24, 2.45) is 5.73 Å². The van der Waals surface area contributed by atoms with Gasteiger partial charge in [-0.15, -0.1) is 0 Å². The fourth-order valence-electron chi connectivity index (χ4n) is 3.89. The molecule has 0 saturated heterocycles. The summed E-state index contributed by atoms with van der Waals surface area (Å²) in [5, 5.41) is 9.73. The first-order chi connectivity index (χ1) is 16.9. The molecule has 0 saturated carbocycles. The van der Waals surface area contributed by atoms with Crippen LogP contribution in [0.3, 0.4) is 0 Å². The third-order valence-electron chi connectivity index (χ3n) is 5.48. The molecule has 1 aliphatic heterocycles. The van der Waals surface area contributed by atoms with Crippen LogP contribution in [0.15, 0.2) is 70.5 Å². The zero-order chi connectivity index (χ0) is 25.1. The molecule has 0 radical (unpaired) electrons. The molecule has 9 heteroatoms. The van der Waals surface area contributed by atoms with Crippen LogP contribution in [-0.2, 0) is 0 Å². The lowest BCUT2D eigenvalue weighted by atomic mass is 9.83. The molecule has 0 amide bonds. The molecule has 0 fully saturated rings. The van der Waals surface area contributed by atoms with Gasteiger partial charge >= 0.3 is 5.97 Å². The van der Waals surface area contributed by atoms with E-state index in [4.69, 9.17) is 29.4 Å². The van der Waals surface area contributed by atoms with Crippen LogP contribution < -0.4 is 29.4 Å². The molecule has 0 aliphatic carbocycles. The number of esters is 1. The van der Waals surface area contributed by atoms with Crippen LogP contribution in [-0.4, -0.2) is 27.3 Å². The Hall–Kier alpha value is -4.16. The highest BCUT2D eigenvalue weighted by Gasteiger charge is 2.31. The number of hydrogen-bond acceptors (Lipinski definition) is 8. The summed E-state index contributed by atoms with van der Waals surface area (Å²) in [6, 6.07) is 17.7. The van der Waals surface area contributed by atoms with Crippen LogP contribution in [0.25, 0.3) is 0 Å². The summed E-state index contributed by atoms with van der Waals surface area (Å²) in [5.41, 5.74) is 8.18. The van der Waals surface area contributed by atoms with Crippen molar-refractivity contribution in [2.45, 2.75) is 5.92 Å². The monoisotopic (exact) mass is 536 g/mol. The van der Waals surface area contributed by atoms with E-state index in [1.54, 1.807) is 18.2 Å². The van der Waals surface area contributed by atoms with Gasteiger partial charge in [0.1, 0.15) is 23.1 Å². The second-order valence-corrected chi connectivity index (χ2v) is 8.40. The quantitative estimate of drug-likeness (QED) is 0.349. The number of carbonyl (C=O) groups is 1. The number of rotatable bonds is 6. The molecular weight excluding hydrogens is 516 g/mol. The van der Waals surface area contributed by atoms with Crippen molar-refractivity contribution in [1.82, 2.24) is 0 Å². The summed E-state index contributed by atoms with van der Waals surface area (Å²) in [7, 11) is 4.40. The number of methoxy groups -OCH3 is 3. The van der Waals surface area contributed by atoms with E-state index in [1.165, 1.54) is 33.5 Å². The predicted octanol–water partition coefficient (Wildman–Crippen LogP) is 4.91.